The Morgan fingerprint density at radius 3 is 2.85 bits per heavy atom. The van der Waals surface area contributed by atoms with E-state index in [0.29, 0.717) is 12.1 Å². The van der Waals surface area contributed by atoms with Crippen LogP contribution in [-0.4, -0.2) is 34.5 Å². The predicted molar refractivity (Wildman–Crippen MR) is 106 cm³/mol. The lowest BCUT2D eigenvalue weighted by atomic mass is 10.2. The molecule has 0 spiro atoms. The number of carbonyl (C=O) groups is 2. The Kier molecular flexibility index (Phi) is 4.99. The van der Waals surface area contributed by atoms with E-state index in [1.807, 2.05) is 58.3 Å². The van der Waals surface area contributed by atoms with E-state index in [1.54, 1.807) is 11.3 Å². The number of benzene rings is 1. The van der Waals surface area contributed by atoms with Crippen LogP contribution < -0.4 is 0 Å². The first kappa shape index (κ1) is 17.8. The summed E-state index contributed by atoms with van der Waals surface area (Å²) in [6.45, 7) is 3.30. The lowest BCUT2D eigenvalue weighted by molar-refractivity contribution is -0.135. The van der Waals surface area contributed by atoms with Crippen molar-refractivity contribution in [1.82, 2.24) is 9.47 Å². The van der Waals surface area contributed by atoms with E-state index < -0.39 is 5.97 Å². The number of esters is 1. The molecule has 4 rings (SSSR count). The maximum absolute atomic E-state index is 12.7. The molecule has 0 saturated carbocycles. The van der Waals surface area contributed by atoms with Crippen LogP contribution in [0, 0.1) is 0 Å². The quantitative estimate of drug-likeness (QED) is 0.620. The fraction of sp³-hybridized carbons (Fsp3) is 0.333. The number of ether oxygens (including phenoxy) is 1. The molecular formula is C21H22N2O3S. The van der Waals surface area contributed by atoms with E-state index in [-0.39, 0.29) is 18.6 Å². The zero-order chi connectivity index (χ0) is 18.8. The van der Waals surface area contributed by atoms with Crippen molar-refractivity contribution in [2.24, 2.45) is 0 Å². The summed E-state index contributed by atoms with van der Waals surface area (Å²) in [7, 11) is 0. The molecule has 0 unspecified atom stereocenters. The van der Waals surface area contributed by atoms with Gasteiger partial charge in [-0.1, -0.05) is 24.3 Å². The van der Waals surface area contributed by atoms with Gasteiger partial charge in [-0.05, 0) is 37.3 Å². The lowest BCUT2D eigenvalue weighted by Gasteiger charge is -2.23. The Labute approximate surface area is 162 Å². The van der Waals surface area contributed by atoms with E-state index in [0.717, 1.165) is 30.3 Å². The van der Waals surface area contributed by atoms with Crippen LogP contribution in [0.3, 0.4) is 0 Å². The van der Waals surface area contributed by atoms with Crippen LogP contribution in [-0.2, 0) is 16.1 Å². The van der Waals surface area contributed by atoms with Gasteiger partial charge in [-0.2, -0.15) is 0 Å². The highest BCUT2D eigenvalue weighted by Gasteiger charge is 2.31. The van der Waals surface area contributed by atoms with Crippen molar-refractivity contribution in [3.8, 4) is 0 Å². The zero-order valence-electron chi connectivity index (χ0n) is 15.3. The normalized spacial score (nSPS) is 16.8. The number of amides is 1. The number of hydrogen-bond donors (Lipinski definition) is 0. The number of aryl methyl sites for hydroxylation is 1. The molecule has 6 heteroatoms. The molecule has 140 valence electrons. The third-order valence-corrected chi connectivity index (χ3v) is 6.09. The van der Waals surface area contributed by atoms with Gasteiger partial charge in [0.05, 0.1) is 11.6 Å². The number of likely N-dealkylation sites (tertiary alicyclic amines) is 1. The van der Waals surface area contributed by atoms with Crippen LogP contribution in [0.1, 0.15) is 41.0 Å². The number of fused-ring (bicyclic) bond motifs is 1. The average molecular weight is 382 g/mol. The van der Waals surface area contributed by atoms with Gasteiger partial charge in [0.1, 0.15) is 0 Å². The van der Waals surface area contributed by atoms with Crippen LogP contribution in [0.4, 0.5) is 0 Å². The van der Waals surface area contributed by atoms with Crippen LogP contribution in [0.15, 0.2) is 48.0 Å². The van der Waals surface area contributed by atoms with Crippen LogP contribution in [0.25, 0.3) is 10.9 Å². The Morgan fingerprint density at radius 2 is 2.07 bits per heavy atom. The second kappa shape index (κ2) is 7.56. The average Bonchev–Trinajstić information content (AvgIpc) is 3.44. The van der Waals surface area contributed by atoms with Gasteiger partial charge in [0.2, 0.25) is 0 Å². The molecule has 0 N–H and O–H groups in total. The third kappa shape index (κ3) is 3.37. The van der Waals surface area contributed by atoms with Crippen molar-refractivity contribution < 1.29 is 14.3 Å². The molecule has 3 aromatic rings. The van der Waals surface area contributed by atoms with Crippen molar-refractivity contribution in [3.05, 3.63) is 58.4 Å². The Bertz CT molecular complexity index is 961. The lowest BCUT2D eigenvalue weighted by Crippen LogP contribution is -2.34. The fourth-order valence-electron chi connectivity index (χ4n) is 3.80. The summed E-state index contributed by atoms with van der Waals surface area (Å²) in [6.07, 6.45) is 3.75. The van der Waals surface area contributed by atoms with Gasteiger partial charge < -0.3 is 14.2 Å². The summed E-state index contributed by atoms with van der Waals surface area (Å²) in [6, 6.07) is 11.9. The summed E-state index contributed by atoms with van der Waals surface area (Å²) in [5, 5.41) is 2.88. The first-order valence-corrected chi connectivity index (χ1v) is 10.1. The Balaban J connectivity index is 1.46. The minimum atomic E-state index is -0.446. The van der Waals surface area contributed by atoms with Crippen molar-refractivity contribution in [1.29, 1.82) is 0 Å². The molecule has 0 bridgehead atoms. The Morgan fingerprint density at radius 1 is 1.22 bits per heavy atom. The molecule has 2 aromatic heterocycles. The summed E-state index contributed by atoms with van der Waals surface area (Å²) in [4.78, 5) is 28.3. The molecule has 0 radical (unpaired) electrons. The van der Waals surface area contributed by atoms with Crippen LogP contribution in [0.2, 0.25) is 0 Å². The molecule has 1 aromatic carbocycles. The van der Waals surface area contributed by atoms with Gasteiger partial charge in [-0.15, -0.1) is 11.3 Å². The highest BCUT2D eigenvalue weighted by Crippen LogP contribution is 2.34. The number of nitrogens with zero attached hydrogens (tertiary/aromatic N) is 2. The minimum Gasteiger partial charge on any atom is -0.452 e. The van der Waals surface area contributed by atoms with Gasteiger partial charge in [0.25, 0.3) is 5.91 Å². The molecule has 0 aliphatic carbocycles. The highest BCUT2D eigenvalue weighted by atomic mass is 32.1. The maximum atomic E-state index is 12.7. The van der Waals surface area contributed by atoms with E-state index in [4.69, 9.17) is 4.74 Å². The topological polar surface area (TPSA) is 51.5 Å². The van der Waals surface area contributed by atoms with Crippen molar-refractivity contribution in [2.75, 3.05) is 13.2 Å². The monoisotopic (exact) mass is 382 g/mol. The van der Waals surface area contributed by atoms with Crippen molar-refractivity contribution in [3.63, 3.8) is 0 Å². The molecular weight excluding hydrogens is 360 g/mol. The number of thiophene rings is 1. The van der Waals surface area contributed by atoms with E-state index in [1.165, 1.54) is 4.88 Å². The summed E-state index contributed by atoms with van der Waals surface area (Å²) in [5.41, 5.74) is 1.51. The van der Waals surface area contributed by atoms with E-state index in [2.05, 4.69) is 6.07 Å². The third-order valence-electron chi connectivity index (χ3n) is 5.12. The van der Waals surface area contributed by atoms with Gasteiger partial charge in [0, 0.05) is 35.1 Å². The summed E-state index contributed by atoms with van der Waals surface area (Å²) in [5.74, 6) is -0.572. The molecule has 1 fully saturated rings. The van der Waals surface area contributed by atoms with Crippen molar-refractivity contribution >= 4 is 34.1 Å². The number of rotatable bonds is 5. The van der Waals surface area contributed by atoms with Gasteiger partial charge >= 0.3 is 5.97 Å². The largest absolute Gasteiger partial charge is 0.452 e. The first-order chi connectivity index (χ1) is 13.2. The first-order valence-electron chi connectivity index (χ1n) is 9.27. The van der Waals surface area contributed by atoms with E-state index in [9.17, 15) is 9.59 Å². The second-order valence-electron chi connectivity index (χ2n) is 6.68. The molecule has 1 atom stereocenters. The van der Waals surface area contributed by atoms with Crippen LogP contribution >= 0.6 is 11.3 Å². The number of carbonyl (C=O) groups excluding carboxylic acids is 2. The number of para-hydroxylation sites is 1. The highest BCUT2D eigenvalue weighted by molar-refractivity contribution is 7.10. The molecule has 1 saturated heterocycles. The smallest absolute Gasteiger partial charge is 0.340 e. The minimum absolute atomic E-state index is 0.109. The fourth-order valence-corrected chi connectivity index (χ4v) is 4.67. The van der Waals surface area contributed by atoms with Gasteiger partial charge in [-0.25, -0.2) is 4.79 Å². The zero-order valence-corrected chi connectivity index (χ0v) is 16.1. The SMILES string of the molecule is CCn1cc(C(=O)OCC(=O)N2CCC[C@@H]2c2cccs2)c2ccccc21. The molecule has 1 aliphatic heterocycles. The number of aromatic nitrogens is 1. The predicted octanol–water partition coefficient (Wildman–Crippen LogP) is 4.24. The molecule has 3 heterocycles. The Hall–Kier alpha value is -2.60. The molecule has 1 aliphatic rings. The molecule has 27 heavy (non-hydrogen) atoms. The van der Waals surface area contributed by atoms with Gasteiger partial charge in [0.15, 0.2) is 6.61 Å². The standard InChI is InChI=1S/C21H22N2O3S/c1-2-22-13-16(15-7-3-4-8-17(15)22)21(25)26-14-20(24)23-11-5-9-18(23)19-10-6-12-27-19/h3-4,6-8,10,12-13,18H,2,5,9,11,14H2,1H3/t18-/m1/s1. The summed E-state index contributed by atoms with van der Waals surface area (Å²) >= 11 is 1.66. The molecule has 5 nitrogen and oxygen atoms in total. The van der Waals surface area contributed by atoms with Crippen molar-refractivity contribution in [2.45, 2.75) is 32.4 Å². The summed E-state index contributed by atoms with van der Waals surface area (Å²) < 4.78 is 7.41. The number of hydrogen-bond acceptors (Lipinski definition) is 4. The maximum Gasteiger partial charge on any atom is 0.340 e. The second-order valence-corrected chi connectivity index (χ2v) is 7.66. The van der Waals surface area contributed by atoms with Gasteiger partial charge in [-0.3, -0.25) is 4.79 Å². The molecule has 1 amide bonds. The van der Waals surface area contributed by atoms with E-state index >= 15 is 0 Å². The van der Waals surface area contributed by atoms with Crippen LogP contribution in [0.5, 0.6) is 0 Å².